The van der Waals surface area contributed by atoms with E-state index in [1.165, 1.54) is 27.5 Å². The predicted molar refractivity (Wildman–Crippen MR) is 157 cm³/mol. The van der Waals surface area contributed by atoms with Gasteiger partial charge in [0.15, 0.2) is 5.01 Å². The normalized spacial score (nSPS) is 18.8. The van der Waals surface area contributed by atoms with Gasteiger partial charge in [-0.1, -0.05) is 17.7 Å². The van der Waals surface area contributed by atoms with Crippen LogP contribution in [0.1, 0.15) is 27.3 Å². The Kier molecular flexibility index (Phi) is 8.63. The Morgan fingerprint density at radius 1 is 1.15 bits per heavy atom. The Bertz CT molecular complexity index is 1710. The van der Waals surface area contributed by atoms with Gasteiger partial charge in [-0.3, -0.25) is 4.79 Å². The van der Waals surface area contributed by atoms with E-state index in [1.54, 1.807) is 24.3 Å². The highest BCUT2D eigenvalue weighted by Gasteiger charge is 2.40. The lowest BCUT2D eigenvalue weighted by Crippen LogP contribution is -2.59. The van der Waals surface area contributed by atoms with E-state index in [9.17, 15) is 26.4 Å². The van der Waals surface area contributed by atoms with Crippen LogP contribution in [0.2, 0.25) is 5.02 Å². The highest BCUT2D eigenvalue weighted by Crippen LogP contribution is 2.34. The number of thiazole rings is 1. The number of carbonyl (C=O) groups is 2. The summed E-state index contributed by atoms with van der Waals surface area (Å²) in [5.74, 6) is -1.18. The monoisotopic (exact) mass is 661 g/mol. The molecule has 1 aromatic carbocycles. The Hall–Kier alpha value is -2.34. The van der Waals surface area contributed by atoms with Crippen LogP contribution in [0.3, 0.4) is 0 Å². The SMILES string of the molecule is CCOC(=O)NS(=O)(=O)CC1CN(S(=O)(=O)c2cc3ccc(Cl)cc3s2)CCN1C(=O)c1nc2c(s1)CN(C)CC2. The second-order valence-electron chi connectivity index (χ2n) is 9.74. The maximum atomic E-state index is 13.7. The van der Waals surface area contributed by atoms with E-state index in [1.807, 2.05) is 11.8 Å². The summed E-state index contributed by atoms with van der Waals surface area (Å²) in [7, 11) is -6.35. The molecule has 4 heterocycles. The van der Waals surface area contributed by atoms with Crippen LogP contribution >= 0.6 is 34.3 Å². The summed E-state index contributed by atoms with van der Waals surface area (Å²) in [6, 6.07) is 5.54. The van der Waals surface area contributed by atoms with Gasteiger partial charge in [0, 0.05) is 53.7 Å². The number of rotatable bonds is 7. The van der Waals surface area contributed by atoms with Crippen molar-refractivity contribution in [1.29, 1.82) is 0 Å². The summed E-state index contributed by atoms with van der Waals surface area (Å²) < 4.78 is 61.7. The Morgan fingerprint density at radius 2 is 1.93 bits per heavy atom. The molecule has 0 aliphatic carbocycles. The third-order valence-corrected chi connectivity index (χ3v) is 12.8. The van der Waals surface area contributed by atoms with Crippen LogP contribution in [0.5, 0.6) is 0 Å². The van der Waals surface area contributed by atoms with Crippen LogP contribution in [0, 0.1) is 0 Å². The number of hydrogen-bond donors (Lipinski definition) is 1. The van der Waals surface area contributed by atoms with Crippen LogP contribution in [0.4, 0.5) is 4.79 Å². The van der Waals surface area contributed by atoms with E-state index in [0.29, 0.717) is 28.1 Å². The summed E-state index contributed by atoms with van der Waals surface area (Å²) in [5, 5.41) is 1.41. The summed E-state index contributed by atoms with van der Waals surface area (Å²) in [6.45, 7) is 2.58. The molecule has 222 valence electrons. The minimum absolute atomic E-state index is 0.0360. The number of piperazine rings is 1. The van der Waals surface area contributed by atoms with Crippen molar-refractivity contribution in [2.45, 2.75) is 30.1 Å². The fourth-order valence-electron chi connectivity index (χ4n) is 4.81. The van der Waals surface area contributed by atoms with Gasteiger partial charge in [-0.15, -0.1) is 22.7 Å². The van der Waals surface area contributed by atoms with Gasteiger partial charge >= 0.3 is 6.09 Å². The minimum Gasteiger partial charge on any atom is -0.449 e. The van der Waals surface area contributed by atoms with Gasteiger partial charge in [0.25, 0.3) is 15.9 Å². The number of amides is 2. The van der Waals surface area contributed by atoms with Crippen LogP contribution in [-0.4, -0.2) is 99.6 Å². The average Bonchev–Trinajstić information content (AvgIpc) is 3.52. The van der Waals surface area contributed by atoms with Crippen LogP contribution in [0.25, 0.3) is 10.1 Å². The second kappa shape index (κ2) is 11.7. The van der Waals surface area contributed by atoms with Crippen LogP contribution in [0.15, 0.2) is 28.5 Å². The van der Waals surface area contributed by atoms with Gasteiger partial charge in [0.2, 0.25) is 10.0 Å². The number of halogens is 1. The number of hydrogen-bond acceptors (Lipinski definition) is 11. The molecule has 0 radical (unpaired) electrons. The number of aromatic nitrogens is 1. The molecule has 1 atom stereocenters. The van der Waals surface area contributed by atoms with Gasteiger partial charge in [-0.25, -0.2) is 31.3 Å². The molecule has 1 fully saturated rings. The maximum absolute atomic E-state index is 13.7. The van der Waals surface area contributed by atoms with Crippen molar-refractivity contribution in [3.05, 3.63) is 44.9 Å². The molecule has 0 bridgehead atoms. The van der Waals surface area contributed by atoms with Crippen molar-refractivity contribution in [2.75, 3.05) is 45.6 Å². The van der Waals surface area contributed by atoms with Gasteiger partial charge in [-0.2, -0.15) is 4.31 Å². The highest BCUT2D eigenvalue weighted by atomic mass is 35.5. The van der Waals surface area contributed by atoms with Gasteiger partial charge in [-0.05, 0) is 37.6 Å². The molecule has 2 aliphatic heterocycles. The molecule has 0 saturated carbocycles. The van der Waals surface area contributed by atoms with Crippen LogP contribution < -0.4 is 4.72 Å². The molecular formula is C24H28ClN5O7S4. The molecule has 2 amide bonds. The molecule has 41 heavy (non-hydrogen) atoms. The Morgan fingerprint density at radius 3 is 2.68 bits per heavy atom. The number of benzene rings is 1. The summed E-state index contributed by atoms with van der Waals surface area (Å²) >= 11 is 8.39. The number of thiophene rings is 1. The van der Waals surface area contributed by atoms with E-state index < -0.39 is 43.8 Å². The van der Waals surface area contributed by atoms with E-state index >= 15 is 0 Å². The zero-order chi connectivity index (χ0) is 29.5. The molecule has 3 aromatic rings. The fraction of sp³-hybridized carbons (Fsp3) is 0.458. The lowest BCUT2D eigenvalue weighted by atomic mass is 10.2. The van der Waals surface area contributed by atoms with Crippen molar-refractivity contribution in [3.8, 4) is 0 Å². The Labute approximate surface area is 250 Å². The first-order valence-electron chi connectivity index (χ1n) is 12.7. The maximum Gasteiger partial charge on any atom is 0.420 e. The fourth-order valence-corrected chi connectivity index (χ4v) is 10.4. The van der Waals surface area contributed by atoms with E-state index in [4.69, 9.17) is 16.3 Å². The topological polar surface area (TPSA) is 146 Å². The highest BCUT2D eigenvalue weighted by molar-refractivity contribution is 7.91. The number of sulfonamides is 2. The molecule has 12 nitrogen and oxygen atoms in total. The number of fused-ring (bicyclic) bond motifs is 2. The van der Waals surface area contributed by atoms with Gasteiger partial charge in [0.05, 0.1) is 24.1 Å². The molecule has 1 N–H and O–H groups in total. The molecular weight excluding hydrogens is 634 g/mol. The lowest BCUT2D eigenvalue weighted by molar-refractivity contribution is 0.0595. The third kappa shape index (κ3) is 6.53. The first kappa shape index (κ1) is 30.1. The first-order chi connectivity index (χ1) is 19.4. The van der Waals surface area contributed by atoms with Gasteiger partial charge in [0.1, 0.15) is 4.21 Å². The minimum atomic E-state index is -4.30. The second-order valence-corrected chi connectivity index (χ2v) is 16.3. The smallest absolute Gasteiger partial charge is 0.420 e. The first-order valence-corrected chi connectivity index (χ1v) is 17.8. The molecule has 1 unspecified atom stereocenters. The van der Waals surface area contributed by atoms with Crippen molar-refractivity contribution in [3.63, 3.8) is 0 Å². The molecule has 1 saturated heterocycles. The molecule has 5 rings (SSSR count). The van der Waals surface area contributed by atoms with Crippen molar-refractivity contribution < 1.29 is 31.2 Å². The zero-order valence-electron chi connectivity index (χ0n) is 22.2. The summed E-state index contributed by atoms with van der Waals surface area (Å²) in [6.07, 6.45) is -0.449. The molecule has 2 aliphatic rings. The zero-order valence-corrected chi connectivity index (χ0v) is 26.2. The number of nitrogens with zero attached hydrogens (tertiary/aromatic N) is 4. The number of carbonyl (C=O) groups excluding carboxylic acids is 2. The van der Waals surface area contributed by atoms with Crippen molar-refractivity contribution >= 4 is 76.4 Å². The average molecular weight is 662 g/mol. The molecule has 0 spiro atoms. The lowest BCUT2D eigenvalue weighted by Gasteiger charge is -2.40. The third-order valence-electron chi connectivity index (χ3n) is 6.79. The van der Waals surface area contributed by atoms with Crippen molar-refractivity contribution in [1.82, 2.24) is 23.8 Å². The molecule has 17 heteroatoms. The quantitative estimate of drug-likeness (QED) is 0.404. The summed E-state index contributed by atoms with van der Waals surface area (Å²) in [4.78, 5) is 34.5. The van der Waals surface area contributed by atoms with Crippen molar-refractivity contribution in [2.24, 2.45) is 0 Å². The number of ether oxygens (including phenoxy) is 1. The standard InChI is InChI=1S/C24H28ClN5O7S4/c1-3-37-24(32)27-40(33,34)14-17-12-29(41(35,36)21-10-15-4-5-16(25)11-19(15)38-21)8-9-30(17)23(31)22-26-18-6-7-28(2)13-20(18)39-22/h4-5,10-11,17H,3,6-9,12-14H2,1-2H3,(H,27,32). The van der Waals surface area contributed by atoms with E-state index in [0.717, 1.165) is 28.5 Å². The number of likely N-dealkylation sites (N-methyl/N-ethyl adjacent to an activating group) is 1. The van der Waals surface area contributed by atoms with E-state index in [2.05, 4.69) is 9.88 Å². The molecule has 2 aromatic heterocycles. The van der Waals surface area contributed by atoms with Crippen LogP contribution in [-0.2, 0) is 37.7 Å². The largest absolute Gasteiger partial charge is 0.449 e. The predicted octanol–water partition coefficient (Wildman–Crippen LogP) is 2.59. The number of nitrogens with one attached hydrogen (secondary N) is 1. The van der Waals surface area contributed by atoms with E-state index in [-0.39, 0.29) is 35.5 Å². The Balaban J connectivity index is 1.43. The summed E-state index contributed by atoms with van der Waals surface area (Å²) in [5.41, 5.74) is 0.843. The van der Waals surface area contributed by atoms with Gasteiger partial charge < -0.3 is 14.5 Å².